The van der Waals surface area contributed by atoms with Crippen molar-refractivity contribution in [1.82, 2.24) is 30.5 Å². The fraction of sp³-hybridized carbons (Fsp3) is 0.500. The van der Waals surface area contributed by atoms with Gasteiger partial charge in [-0.05, 0) is 0 Å². The standard InChI is InChI=1S/C30H33ClF2IN7O5/c31-22-9-23-20(13-37-40-23)24-19(22)3-1-7-44-30(42)46-18-14-41(6-8-43-15-18)28-21-12-36-27(24)25(33)26(21)38-29(39-28)45-16-34-4-2-5-35-11-17(32)10-34/h9,12-13,17-18,35H,1-8,10-11,14-16H2,(H,37,40)/t17-,18+/m1/s1. The number of halogens is 4. The van der Waals surface area contributed by atoms with Gasteiger partial charge in [-0.1, -0.05) is 0 Å². The van der Waals surface area contributed by atoms with Crippen molar-refractivity contribution in [3.63, 3.8) is 0 Å². The van der Waals surface area contributed by atoms with Crippen molar-refractivity contribution in [3.05, 3.63) is 34.9 Å². The second-order valence-corrected chi connectivity index (χ2v) is 17.6. The van der Waals surface area contributed by atoms with Gasteiger partial charge in [-0.3, -0.25) is 0 Å². The third kappa shape index (κ3) is 6.64. The van der Waals surface area contributed by atoms with Crippen molar-refractivity contribution in [2.75, 3.05) is 64.4 Å². The summed E-state index contributed by atoms with van der Waals surface area (Å²) in [5, 5.41) is 11.6. The van der Waals surface area contributed by atoms with E-state index in [0.717, 1.165) is 17.4 Å². The molecule has 0 radical (unpaired) electrons. The summed E-state index contributed by atoms with van der Waals surface area (Å²) in [5.41, 5.74) is 1.80. The first-order valence-electron chi connectivity index (χ1n) is 15.2. The first kappa shape index (κ1) is 31.4. The zero-order chi connectivity index (χ0) is 31.6. The Hall–Kier alpha value is -3.15. The third-order valence-electron chi connectivity index (χ3n) is 8.11. The monoisotopic (exact) mass is 771 g/mol. The average molecular weight is 772 g/mol. The number of fused-ring (bicyclic) bond motifs is 7. The molecule has 3 aromatic heterocycles. The summed E-state index contributed by atoms with van der Waals surface area (Å²) in [7, 11) is 0. The van der Waals surface area contributed by atoms with Crippen LogP contribution in [0.2, 0.25) is 5.02 Å². The summed E-state index contributed by atoms with van der Waals surface area (Å²) in [6.45, 7) is 2.25. The molecule has 12 nitrogen and oxygen atoms in total. The van der Waals surface area contributed by atoms with Crippen LogP contribution in [0.3, 0.4) is 0 Å². The molecule has 16 heteroatoms. The van der Waals surface area contributed by atoms with E-state index >= 15 is 4.39 Å². The van der Waals surface area contributed by atoms with E-state index in [1.807, 2.05) is 4.90 Å². The molecule has 0 unspecified atom stereocenters. The Balaban J connectivity index is 1.37. The summed E-state index contributed by atoms with van der Waals surface area (Å²) in [5.74, 6) is -0.291. The second-order valence-electron chi connectivity index (χ2n) is 11.3. The van der Waals surface area contributed by atoms with Crippen LogP contribution in [0.5, 0.6) is 6.01 Å². The Morgan fingerprint density at radius 2 is 2.11 bits per heavy atom. The molecular formula is C30H33ClF2IN7O5. The number of nitrogens with one attached hydrogen (secondary N) is 2. The van der Waals surface area contributed by atoms with E-state index in [1.165, 1.54) is 0 Å². The van der Waals surface area contributed by atoms with Gasteiger partial charge in [0.05, 0.1) is 0 Å². The molecule has 6 bridgehead atoms. The fourth-order valence-corrected chi connectivity index (χ4v) is 11.1. The van der Waals surface area contributed by atoms with E-state index < -0.39 is 44.1 Å². The third-order valence-corrected chi connectivity index (χ3v) is 14.1. The zero-order valence-electron chi connectivity index (χ0n) is 24.9. The summed E-state index contributed by atoms with van der Waals surface area (Å²) >= 11 is 4.91. The predicted molar refractivity (Wildman–Crippen MR) is 177 cm³/mol. The number of rotatable bonds is 3. The van der Waals surface area contributed by atoms with E-state index in [0.29, 0.717) is 79.8 Å². The molecule has 2 saturated heterocycles. The van der Waals surface area contributed by atoms with Gasteiger partial charge in [0.1, 0.15) is 0 Å². The molecule has 2 N–H and O–H groups in total. The van der Waals surface area contributed by atoms with Crippen molar-refractivity contribution >= 4 is 65.2 Å². The number of aromatic amines is 1. The predicted octanol–water partition coefficient (Wildman–Crippen LogP) is 4.84. The van der Waals surface area contributed by atoms with Crippen molar-refractivity contribution in [1.29, 1.82) is 0 Å². The number of ether oxygens (including phenoxy) is 4. The number of pyridine rings is 1. The van der Waals surface area contributed by atoms with E-state index in [4.69, 9.17) is 35.5 Å². The van der Waals surface area contributed by atoms with E-state index in [9.17, 15) is 9.18 Å². The summed E-state index contributed by atoms with van der Waals surface area (Å²) < 4.78 is 56.1. The fourth-order valence-electron chi connectivity index (χ4n) is 5.97. The Morgan fingerprint density at radius 1 is 1.20 bits per heavy atom. The van der Waals surface area contributed by atoms with Crippen LogP contribution in [0.15, 0.2) is 18.5 Å². The first-order chi connectivity index (χ1) is 22.4. The Labute approximate surface area is 275 Å². The summed E-state index contributed by atoms with van der Waals surface area (Å²) in [4.78, 5) is 28.4. The molecular weight excluding hydrogens is 739 g/mol. The molecule has 7 heterocycles. The molecule has 2 fully saturated rings. The van der Waals surface area contributed by atoms with Gasteiger partial charge >= 0.3 is 276 Å². The van der Waals surface area contributed by atoms with Crippen molar-refractivity contribution < 1.29 is 32.5 Å². The molecule has 0 saturated carbocycles. The van der Waals surface area contributed by atoms with Gasteiger partial charge in [0.2, 0.25) is 0 Å². The van der Waals surface area contributed by atoms with Crippen LogP contribution in [-0.2, 0) is 20.6 Å². The first-order valence-corrected chi connectivity index (χ1v) is 20.1. The van der Waals surface area contributed by atoms with Gasteiger partial charge in [0, 0.05) is 0 Å². The number of nitrogens with zero attached hydrogens (tertiary/aromatic N) is 5. The van der Waals surface area contributed by atoms with Crippen LogP contribution in [-0.4, -0.2) is 103 Å². The number of hydrogen-bond donors (Lipinski definition) is 2. The molecule has 1 aromatic carbocycles. The number of hydrogen-bond acceptors (Lipinski definition) is 11. The average Bonchev–Trinajstić information content (AvgIpc) is 3.37. The van der Waals surface area contributed by atoms with E-state index in [-0.39, 0.29) is 37.0 Å². The number of carbonyl (C=O) groups excluding carboxylic acids is 1. The minimum absolute atomic E-state index is 0.00521. The normalized spacial score (nSPS) is 22.2. The molecule has 0 amide bonds. The molecule has 0 aliphatic carbocycles. The number of carbonyl (C=O) groups is 1. The van der Waals surface area contributed by atoms with Crippen molar-refractivity contribution in [2.45, 2.75) is 31.5 Å². The molecule has 4 aliphatic rings. The number of alkyl halides is 4. The minimum atomic E-state index is -1.84. The van der Waals surface area contributed by atoms with Crippen LogP contribution in [0.25, 0.3) is 33.1 Å². The maximum absolute atomic E-state index is 16.9. The Bertz CT molecular complexity index is 1750. The van der Waals surface area contributed by atoms with Gasteiger partial charge in [0.15, 0.2) is 0 Å². The van der Waals surface area contributed by atoms with Gasteiger partial charge in [-0.2, -0.15) is 0 Å². The van der Waals surface area contributed by atoms with Crippen molar-refractivity contribution in [3.8, 4) is 17.3 Å². The van der Waals surface area contributed by atoms with Crippen LogP contribution >= 0.6 is 31.4 Å². The molecule has 246 valence electrons. The van der Waals surface area contributed by atoms with Gasteiger partial charge in [-0.25, -0.2) is 0 Å². The molecule has 0 spiro atoms. The summed E-state index contributed by atoms with van der Waals surface area (Å²) in [6.07, 6.45) is 2.48. The van der Waals surface area contributed by atoms with Gasteiger partial charge in [0.25, 0.3) is 0 Å². The summed E-state index contributed by atoms with van der Waals surface area (Å²) in [6, 6.07) is 1.73. The van der Waals surface area contributed by atoms with E-state index in [1.54, 1.807) is 18.5 Å². The number of aromatic nitrogens is 5. The Morgan fingerprint density at radius 3 is 3.02 bits per heavy atom. The zero-order valence-corrected chi connectivity index (χ0v) is 27.8. The topological polar surface area (TPSA) is 137 Å². The number of benzene rings is 1. The molecule has 46 heavy (non-hydrogen) atoms. The molecule has 4 aromatic rings. The van der Waals surface area contributed by atoms with E-state index in [2.05, 4.69) is 25.5 Å². The SMILES string of the molecule is O=C1OCCCc2c(Cl)cc3[nH]ncc3c2-c2ncc3c(nc(OCI4CCCNC[C@H](F)C4)nc3c2F)N2CCOC[C@H](C2)O1. The molecule has 8 rings (SSSR count). The van der Waals surface area contributed by atoms with Crippen LogP contribution in [0, 0.1) is 5.82 Å². The van der Waals surface area contributed by atoms with Gasteiger partial charge < -0.3 is 0 Å². The molecule has 2 atom stereocenters. The van der Waals surface area contributed by atoms with Crippen LogP contribution in [0.1, 0.15) is 18.4 Å². The molecule has 4 aliphatic heterocycles. The quantitative estimate of drug-likeness (QED) is 0.168. The number of anilines is 1. The maximum atomic E-state index is 16.9. The van der Waals surface area contributed by atoms with Crippen LogP contribution < -0.4 is 15.0 Å². The van der Waals surface area contributed by atoms with Gasteiger partial charge in [-0.15, -0.1) is 0 Å². The van der Waals surface area contributed by atoms with Crippen molar-refractivity contribution in [2.24, 2.45) is 0 Å². The Kier molecular flexibility index (Phi) is 9.51. The second kappa shape index (κ2) is 13.9. The number of H-pyrrole nitrogens is 1. The van der Waals surface area contributed by atoms with Crippen LogP contribution in [0.4, 0.5) is 19.4 Å².